The molecule has 1 aromatic carbocycles. The molecule has 1 aliphatic carbocycles. The van der Waals surface area contributed by atoms with Gasteiger partial charge in [-0.2, -0.15) is 4.98 Å². The number of hydrogen-bond acceptors (Lipinski definition) is 4. The van der Waals surface area contributed by atoms with E-state index >= 15 is 0 Å². The van der Waals surface area contributed by atoms with Crippen LogP contribution in [0.4, 0.5) is 5.69 Å². The van der Waals surface area contributed by atoms with Gasteiger partial charge < -0.3 is 5.32 Å². The van der Waals surface area contributed by atoms with Crippen molar-refractivity contribution in [2.75, 3.05) is 5.32 Å². The first-order valence-electron chi connectivity index (χ1n) is 6.78. The van der Waals surface area contributed by atoms with Crippen LogP contribution < -0.4 is 5.32 Å². The number of carbonyl (C=O) groups is 1. The molecule has 1 aliphatic rings. The normalized spacial score (nSPS) is 14.8. The third-order valence-electron chi connectivity index (χ3n) is 3.52. The van der Waals surface area contributed by atoms with Crippen LogP contribution in [0.15, 0.2) is 39.1 Å². The van der Waals surface area contributed by atoms with Crippen LogP contribution in [0.1, 0.15) is 19.3 Å². The van der Waals surface area contributed by atoms with E-state index < -0.39 is 0 Å². The zero-order valence-electron chi connectivity index (χ0n) is 11.5. The van der Waals surface area contributed by atoms with E-state index in [2.05, 4.69) is 31.3 Å². The second-order valence-corrected chi connectivity index (χ2v) is 6.72. The molecule has 0 aliphatic heterocycles. The Morgan fingerprint density at radius 2 is 2.19 bits per heavy atom. The molecule has 1 heterocycles. The molecule has 1 amide bonds. The van der Waals surface area contributed by atoms with Crippen LogP contribution in [0.3, 0.4) is 0 Å². The minimum absolute atomic E-state index is 0.119. The van der Waals surface area contributed by atoms with Gasteiger partial charge in [-0.25, -0.2) is 4.68 Å². The van der Waals surface area contributed by atoms with Crippen molar-refractivity contribution in [2.45, 2.75) is 29.3 Å². The summed E-state index contributed by atoms with van der Waals surface area (Å²) in [5, 5.41) is 7.96. The fourth-order valence-corrected chi connectivity index (χ4v) is 3.49. The van der Waals surface area contributed by atoms with Crippen LogP contribution in [-0.4, -0.2) is 20.7 Å². The Balaban J connectivity index is 1.78. The molecule has 0 radical (unpaired) electrons. The van der Waals surface area contributed by atoms with Gasteiger partial charge in [0.2, 0.25) is 10.6 Å². The maximum atomic E-state index is 12.1. The summed E-state index contributed by atoms with van der Waals surface area (Å²) in [5.41, 5.74) is 0.832. The molecule has 0 saturated heterocycles. The summed E-state index contributed by atoms with van der Waals surface area (Å²) in [6.45, 7) is 0. The van der Waals surface area contributed by atoms with Crippen molar-refractivity contribution in [2.24, 2.45) is 13.0 Å². The molecular formula is C14H15BrN4OS. The quantitative estimate of drug-likeness (QED) is 0.899. The molecule has 110 valence electrons. The van der Waals surface area contributed by atoms with Gasteiger partial charge in [-0.3, -0.25) is 4.79 Å². The average Bonchev–Trinajstić information content (AvgIpc) is 2.68. The summed E-state index contributed by atoms with van der Waals surface area (Å²) in [4.78, 5) is 17.4. The van der Waals surface area contributed by atoms with E-state index in [9.17, 15) is 4.79 Å². The zero-order valence-corrected chi connectivity index (χ0v) is 13.9. The fourth-order valence-electron chi connectivity index (χ4n) is 2.09. The Bertz CT molecular complexity index is 669. The number of nitrogens with zero attached hydrogens (tertiary/aromatic N) is 3. The van der Waals surface area contributed by atoms with Gasteiger partial charge in [-0.1, -0.05) is 18.6 Å². The topological polar surface area (TPSA) is 59.8 Å². The highest BCUT2D eigenvalue weighted by Gasteiger charge is 2.25. The van der Waals surface area contributed by atoms with Crippen molar-refractivity contribution in [3.8, 4) is 0 Å². The number of amides is 1. The van der Waals surface area contributed by atoms with Crippen LogP contribution in [0.2, 0.25) is 0 Å². The molecule has 0 atom stereocenters. The van der Waals surface area contributed by atoms with Crippen LogP contribution in [0.5, 0.6) is 0 Å². The highest BCUT2D eigenvalue weighted by molar-refractivity contribution is 9.10. The summed E-state index contributed by atoms with van der Waals surface area (Å²) in [5.74, 6) is 0.292. The number of hydrogen-bond donors (Lipinski definition) is 1. The number of nitrogens with one attached hydrogen (secondary N) is 1. The zero-order chi connectivity index (χ0) is 14.8. The van der Waals surface area contributed by atoms with Crippen LogP contribution in [0, 0.1) is 5.92 Å². The molecule has 21 heavy (non-hydrogen) atoms. The van der Waals surface area contributed by atoms with Crippen molar-refractivity contribution in [1.82, 2.24) is 14.8 Å². The van der Waals surface area contributed by atoms with Gasteiger partial charge in [0.05, 0.1) is 5.69 Å². The first kappa shape index (κ1) is 14.6. The lowest BCUT2D eigenvalue weighted by Gasteiger charge is -2.24. The van der Waals surface area contributed by atoms with Crippen LogP contribution in [0.25, 0.3) is 0 Å². The Kier molecular flexibility index (Phi) is 4.30. The number of benzene rings is 1. The summed E-state index contributed by atoms with van der Waals surface area (Å²) in [6, 6.07) is 7.77. The second-order valence-electron chi connectivity index (χ2n) is 5.00. The molecule has 7 heteroatoms. The van der Waals surface area contributed by atoms with Gasteiger partial charge in [0, 0.05) is 17.9 Å². The van der Waals surface area contributed by atoms with Gasteiger partial charge in [-0.05, 0) is 52.7 Å². The lowest BCUT2D eigenvalue weighted by Crippen LogP contribution is -2.28. The number of para-hydroxylation sites is 1. The van der Waals surface area contributed by atoms with Crippen molar-refractivity contribution >= 4 is 39.3 Å². The molecule has 0 spiro atoms. The predicted octanol–water partition coefficient (Wildman–Crippen LogP) is 3.47. The third kappa shape index (κ3) is 3.29. The molecule has 2 aromatic rings. The smallest absolute Gasteiger partial charge is 0.227 e. The maximum Gasteiger partial charge on any atom is 0.227 e. The number of rotatable bonds is 4. The van der Waals surface area contributed by atoms with Gasteiger partial charge in [0.1, 0.15) is 0 Å². The highest BCUT2D eigenvalue weighted by Crippen LogP contribution is 2.34. The largest absolute Gasteiger partial charge is 0.325 e. The van der Waals surface area contributed by atoms with E-state index in [1.807, 2.05) is 31.3 Å². The van der Waals surface area contributed by atoms with E-state index in [1.54, 1.807) is 4.68 Å². The number of aromatic nitrogens is 3. The molecule has 1 aromatic heterocycles. The predicted molar refractivity (Wildman–Crippen MR) is 85.2 cm³/mol. The SMILES string of the molecule is Cn1nc(Br)nc1Sc1ccccc1NC(=O)C1CCC1. The van der Waals surface area contributed by atoms with Crippen LogP contribution >= 0.6 is 27.7 Å². The summed E-state index contributed by atoms with van der Waals surface area (Å²) >= 11 is 4.75. The van der Waals surface area contributed by atoms with E-state index in [-0.39, 0.29) is 11.8 Å². The minimum Gasteiger partial charge on any atom is -0.325 e. The van der Waals surface area contributed by atoms with Crippen molar-refractivity contribution in [3.05, 3.63) is 29.0 Å². The van der Waals surface area contributed by atoms with Crippen molar-refractivity contribution in [1.29, 1.82) is 0 Å². The first-order valence-corrected chi connectivity index (χ1v) is 8.39. The van der Waals surface area contributed by atoms with Gasteiger partial charge in [0.25, 0.3) is 0 Å². The summed E-state index contributed by atoms with van der Waals surface area (Å²) < 4.78 is 2.27. The number of anilines is 1. The van der Waals surface area contributed by atoms with E-state index in [4.69, 9.17) is 0 Å². The second kappa shape index (κ2) is 6.19. The Labute approximate surface area is 135 Å². The lowest BCUT2D eigenvalue weighted by molar-refractivity contribution is -0.122. The average molecular weight is 367 g/mol. The number of halogens is 1. The van der Waals surface area contributed by atoms with Crippen LogP contribution in [-0.2, 0) is 11.8 Å². The number of aryl methyl sites for hydroxylation is 1. The van der Waals surface area contributed by atoms with E-state index in [0.717, 1.165) is 35.0 Å². The lowest BCUT2D eigenvalue weighted by atomic mass is 9.85. The Morgan fingerprint density at radius 3 is 2.81 bits per heavy atom. The molecule has 0 bridgehead atoms. The van der Waals surface area contributed by atoms with Gasteiger partial charge >= 0.3 is 0 Å². The molecule has 1 fully saturated rings. The van der Waals surface area contributed by atoms with Crippen molar-refractivity contribution < 1.29 is 4.79 Å². The summed E-state index contributed by atoms with van der Waals surface area (Å²) in [6.07, 6.45) is 3.15. The first-order chi connectivity index (χ1) is 10.1. The highest BCUT2D eigenvalue weighted by atomic mass is 79.9. The van der Waals surface area contributed by atoms with E-state index in [1.165, 1.54) is 11.8 Å². The maximum absolute atomic E-state index is 12.1. The van der Waals surface area contributed by atoms with E-state index in [0.29, 0.717) is 4.73 Å². The minimum atomic E-state index is 0.119. The molecule has 1 saturated carbocycles. The summed E-state index contributed by atoms with van der Waals surface area (Å²) in [7, 11) is 1.84. The third-order valence-corrected chi connectivity index (χ3v) is 4.97. The van der Waals surface area contributed by atoms with Gasteiger partial charge in [0.15, 0.2) is 5.16 Å². The molecule has 1 N–H and O–H groups in total. The molecule has 5 nitrogen and oxygen atoms in total. The van der Waals surface area contributed by atoms with Gasteiger partial charge in [-0.15, -0.1) is 5.10 Å². The fraction of sp³-hybridized carbons (Fsp3) is 0.357. The Morgan fingerprint density at radius 1 is 1.43 bits per heavy atom. The monoisotopic (exact) mass is 366 g/mol. The van der Waals surface area contributed by atoms with Crippen molar-refractivity contribution in [3.63, 3.8) is 0 Å². The Hall–Kier alpha value is -1.34. The molecule has 0 unspecified atom stereocenters. The molecular weight excluding hydrogens is 352 g/mol. The number of carbonyl (C=O) groups excluding carboxylic acids is 1. The standard InChI is InChI=1S/C14H15BrN4OS/c1-19-14(17-13(15)18-19)21-11-8-3-2-7-10(11)16-12(20)9-5-4-6-9/h2-3,7-9H,4-6H2,1H3,(H,16,20). The molecule has 3 rings (SSSR count).